The van der Waals surface area contributed by atoms with E-state index in [9.17, 15) is 4.79 Å². The molecule has 2 fully saturated rings. The van der Waals surface area contributed by atoms with Gasteiger partial charge in [-0.2, -0.15) is 5.10 Å². The second-order valence-corrected chi connectivity index (χ2v) is 10.7. The van der Waals surface area contributed by atoms with Gasteiger partial charge in [0.25, 0.3) is 5.91 Å². The Labute approximate surface area is 215 Å². The number of benzene rings is 1. The number of piperidine rings is 1. The first-order valence-electron chi connectivity index (χ1n) is 12.5. The van der Waals surface area contributed by atoms with Crippen molar-refractivity contribution in [1.29, 1.82) is 0 Å². The summed E-state index contributed by atoms with van der Waals surface area (Å²) in [6, 6.07) is 7.90. The number of aromatic nitrogens is 6. The largest absolute Gasteiger partial charge is 0.382 e. The minimum Gasteiger partial charge on any atom is -0.382 e. The van der Waals surface area contributed by atoms with E-state index in [1.165, 1.54) is 11.3 Å². The lowest BCUT2D eigenvalue weighted by Crippen LogP contribution is -2.52. The highest BCUT2D eigenvalue weighted by Gasteiger charge is 2.42. The fourth-order valence-corrected chi connectivity index (χ4v) is 5.93. The van der Waals surface area contributed by atoms with Gasteiger partial charge in [0.05, 0.1) is 22.9 Å². The summed E-state index contributed by atoms with van der Waals surface area (Å²) in [5.41, 5.74) is 17.9. The summed E-state index contributed by atoms with van der Waals surface area (Å²) in [6.07, 6.45) is 4.94. The fraction of sp³-hybridized carbons (Fsp3) is 0.423. The number of aryl methyl sites for hydroxylation is 2. The molecule has 2 bridgehead atoms. The van der Waals surface area contributed by atoms with E-state index in [1.807, 2.05) is 23.7 Å². The molecular formula is C26H32N10O. The molecule has 37 heavy (non-hydrogen) atoms. The molecule has 4 heterocycles. The first kappa shape index (κ1) is 23.4. The van der Waals surface area contributed by atoms with Gasteiger partial charge in [-0.1, -0.05) is 6.07 Å². The van der Waals surface area contributed by atoms with E-state index >= 15 is 0 Å². The molecule has 1 aliphatic carbocycles. The lowest BCUT2D eigenvalue weighted by atomic mass is 9.92. The van der Waals surface area contributed by atoms with Crippen LogP contribution in [0.25, 0.3) is 33.9 Å². The van der Waals surface area contributed by atoms with Crippen LogP contribution >= 0.6 is 0 Å². The molecule has 4 aromatic rings. The minimum atomic E-state index is -0.141. The number of carbonyl (C=O) groups is 1. The van der Waals surface area contributed by atoms with Crippen molar-refractivity contribution in [3.63, 3.8) is 0 Å². The number of para-hydroxylation sites is 1. The van der Waals surface area contributed by atoms with Crippen LogP contribution in [0.1, 0.15) is 29.8 Å². The maximum absolute atomic E-state index is 12.5. The Morgan fingerprint density at radius 2 is 2.00 bits per heavy atom. The van der Waals surface area contributed by atoms with Crippen molar-refractivity contribution in [2.24, 2.45) is 25.7 Å². The number of imidazole rings is 1. The first-order chi connectivity index (χ1) is 17.6. The highest BCUT2D eigenvalue weighted by atomic mass is 16.2. The second-order valence-electron chi connectivity index (χ2n) is 10.7. The lowest BCUT2D eigenvalue weighted by molar-refractivity contribution is 0.0817. The molecule has 1 saturated carbocycles. The molecule has 1 amide bonds. The molecule has 0 spiro atoms. The molecule has 1 aromatic carbocycles. The quantitative estimate of drug-likeness (QED) is 0.434. The molecule has 11 heteroatoms. The van der Waals surface area contributed by atoms with Crippen molar-refractivity contribution in [3.05, 3.63) is 36.2 Å². The Balaban J connectivity index is 1.42. The lowest BCUT2D eigenvalue weighted by Gasteiger charge is -2.39. The summed E-state index contributed by atoms with van der Waals surface area (Å²) in [6.45, 7) is 1.85. The fourth-order valence-electron chi connectivity index (χ4n) is 5.93. The summed E-state index contributed by atoms with van der Waals surface area (Å²) in [5.74, 6) is 1.39. The van der Waals surface area contributed by atoms with E-state index in [0.717, 1.165) is 42.7 Å². The summed E-state index contributed by atoms with van der Waals surface area (Å²) in [5, 5.41) is 4.50. The van der Waals surface area contributed by atoms with Gasteiger partial charge < -0.3 is 25.8 Å². The molecule has 2 unspecified atom stereocenters. The van der Waals surface area contributed by atoms with Crippen LogP contribution in [0.3, 0.4) is 0 Å². The van der Waals surface area contributed by atoms with Crippen LogP contribution in [0, 0.1) is 5.92 Å². The average molecular weight is 501 g/mol. The number of amides is 1. The third-order valence-corrected chi connectivity index (χ3v) is 7.72. The van der Waals surface area contributed by atoms with Crippen molar-refractivity contribution in [2.75, 3.05) is 37.8 Å². The molecule has 3 aromatic heterocycles. The number of hydrogen-bond acceptors (Lipinski definition) is 8. The predicted molar refractivity (Wildman–Crippen MR) is 143 cm³/mol. The smallest absolute Gasteiger partial charge is 0.271 e. The molecule has 1 saturated heterocycles. The monoisotopic (exact) mass is 500 g/mol. The van der Waals surface area contributed by atoms with Crippen LogP contribution in [-0.2, 0) is 14.1 Å². The zero-order valence-electron chi connectivity index (χ0n) is 21.6. The third kappa shape index (κ3) is 3.81. The van der Waals surface area contributed by atoms with Crippen LogP contribution in [-0.4, -0.2) is 72.8 Å². The van der Waals surface area contributed by atoms with Crippen LogP contribution in [0.2, 0.25) is 0 Å². The van der Waals surface area contributed by atoms with Crippen molar-refractivity contribution >= 4 is 28.4 Å². The van der Waals surface area contributed by atoms with E-state index in [0.29, 0.717) is 34.5 Å². The van der Waals surface area contributed by atoms with Gasteiger partial charge in [0, 0.05) is 46.8 Å². The van der Waals surface area contributed by atoms with Gasteiger partial charge in [-0.05, 0) is 43.4 Å². The van der Waals surface area contributed by atoms with Gasteiger partial charge in [-0.3, -0.25) is 9.48 Å². The molecule has 4 N–H and O–H groups in total. The standard InChI is InChI=1S/C26H32N10O/c1-33(2)25(37)20-10-17(32-35(20)4)18-12-29-23(27)21(30-18)24-31-16-6-5-7-19(22(16)34(24)3)36-13-15-8-9-26(28,11-15)14-36/h5-7,10,12,15H,8-9,11,13-14,28H2,1-4H3,(H2,27,29). The highest BCUT2D eigenvalue weighted by molar-refractivity contribution is 5.94. The van der Waals surface area contributed by atoms with Crippen LogP contribution < -0.4 is 16.4 Å². The van der Waals surface area contributed by atoms with Gasteiger partial charge in [-0.25, -0.2) is 15.0 Å². The van der Waals surface area contributed by atoms with Crippen LogP contribution in [0.15, 0.2) is 30.5 Å². The highest BCUT2D eigenvalue weighted by Crippen LogP contribution is 2.41. The normalized spacial score (nSPS) is 21.1. The molecule has 2 atom stereocenters. The van der Waals surface area contributed by atoms with E-state index in [-0.39, 0.29) is 17.3 Å². The van der Waals surface area contributed by atoms with Gasteiger partial charge in [-0.15, -0.1) is 0 Å². The number of fused-ring (bicyclic) bond motifs is 3. The summed E-state index contributed by atoms with van der Waals surface area (Å²) in [7, 11) is 7.13. The van der Waals surface area contributed by atoms with Crippen LogP contribution in [0.4, 0.5) is 11.5 Å². The molecule has 0 radical (unpaired) electrons. The van der Waals surface area contributed by atoms with E-state index in [1.54, 1.807) is 38.1 Å². The number of carbonyl (C=O) groups excluding carboxylic acids is 1. The number of nitrogen functional groups attached to an aromatic ring is 1. The summed E-state index contributed by atoms with van der Waals surface area (Å²) >= 11 is 0. The molecule has 6 rings (SSSR count). The zero-order valence-corrected chi connectivity index (χ0v) is 21.6. The molecule has 11 nitrogen and oxygen atoms in total. The second kappa shape index (κ2) is 8.27. The van der Waals surface area contributed by atoms with E-state index < -0.39 is 0 Å². The summed E-state index contributed by atoms with van der Waals surface area (Å²) < 4.78 is 3.58. The molecule has 2 aliphatic rings. The Hall–Kier alpha value is -3.99. The minimum absolute atomic E-state index is 0.119. The van der Waals surface area contributed by atoms with Crippen molar-refractivity contribution < 1.29 is 4.79 Å². The van der Waals surface area contributed by atoms with Crippen molar-refractivity contribution in [1.82, 2.24) is 34.2 Å². The number of hydrogen-bond donors (Lipinski definition) is 2. The average Bonchev–Trinajstić information content (AvgIpc) is 3.50. The Kier molecular flexibility index (Phi) is 5.23. The zero-order chi connectivity index (χ0) is 26.1. The van der Waals surface area contributed by atoms with Gasteiger partial charge in [0.1, 0.15) is 22.8 Å². The first-order valence-corrected chi connectivity index (χ1v) is 12.5. The number of nitrogens with two attached hydrogens (primary N) is 2. The SMILES string of the molecule is CN(C)C(=O)c1cc(-c2cnc(N)c(-c3nc4cccc(N5CC6CCC(N)(C6)C5)c4n3C)n2)nn1C. The third-order valence-electron chi connectivity index (χ3n) is 7.72. The van der Waals surface area contributed by atoms with Gasteiger partial charge in [0.2, 0.25) is 0 Å². The molecule has 1 aliphatic heterocycles. The number of nitrogens with zero attached hydrogens (tertiary/aromatic N) is 8. The topological polar surface area (TPSA) is 137 Å². The Morgan fingerprint density at radius 1 is 1.19 bits per heavy atom. The summed E-state index contributed by atoms with van der Waals surface area (Å²) in [4.78, 5) is 30.6. The number of rotatable bonds is 4. The molecular weight excluding hydrogens is 468 g/mol. The number of anilines is 2. The molecule has 192 valence electrons. The van der Waals surface area contributed by atoms with Gasteiger partial charge >= 0.3 is 0 Å². The maximum atomic E-state index is 12.5. The van der Waals surface area contributed by atoms with E-state index in [2.05, 4.69) is 21.0 Å². The Bertz CT molecular complexity index is 1540. The maximum Gasteiger partial charge on any atom is 0.271 e. The van der Waals surface area contributed by atoms with E-state index in [4.69, 9.17) is 21.4 Å². The van der Waals surface area contributed by atoms with Gasteiger partial charge in [0.15, 0.2) is 11.6 Å². The van der Waals surface area contributed by atoms with Crippen molar-refractivity contribution in [3.8, 4) is 22.9 Å². The Morgan fingerprint density at radius 3 is 2.76 bits per heavy atom. The van der Waals surface area contributed by atoms with Crippen molar-refractivity contribution in [2.45, 2.75) is 24.8 Å². The van der Waals surface area contributed by atoms with Crippen LogP contribution in [0.5, 0.6) is 0 Å². The predicted octanol–water partition coefficient (Wildman–Crippen LogP) is 2.03.